The van der Waals surface area contributed by atoms with Crippen molar-refractivity contribution in [2.45, 2.75) is 27.3 Å². The van der Waals surface area contributed by atoms with Gasteiger partial charge in [0.15, 0.2) is 5.76 Å². The van der Waals surface area contributed by atoms with Crippen molar-refractivity contribution >= 4 is 5.91 Å². The van der Waals surface area contributed by atoms with Crippen molar-refractivity contribution in [2.75, 3.05) is 13.6 Å². The molecule has 0 saturated carbocycles. The molecular formula is C12H21N3O2. The minimum Gasteiger partial charge on any atom is -0.459 e. The zero-order valence-corrected chi connectivity index (χ0v) is 10.9. The van der Waals surface area contributed by atoms with Crippen molar-refractivity contribution in [3.63, 3.8) is 0 Å². The summed E-state index contributed by atoms with van der Waals surface area (Å²) in [5.74, 6) is 4.98. The van der Waals surface area contributed by atoms with Gasteiger partial charge in [-0.25, -0.2) is 5.84 Å². The highest BCUT2D eigenvalue weighted by atomic mass is 16.3. The quantitative estimate of drug-likeness (QED) is 0.473. The molecule has 0 saturated heterocycles. The Hall–Kier alpha value is -1.33. The summed E-state index contributed by atoms with van der Waals surface area (Å²) in [6.45, 7) is 8.11. The van der Waals surface area contributed by atoms with Crippen LogP contribution in [0, 0.1) is 5.41 Å². The second kappa shape index (κ2) is 5.33. The lowest BCUT2D eigenvalue weighted by molar-refractivity contribution is 0.0923. The summed E-state index contributed by atoms with van der Waals surface area (Å²) in [4.78, 5) is 13.6. The van der Waals surface area contributed by atoms with Gasteiger partial charge in [0.2, 0.25) is 0 Å². The molecule has 1 rings (SSSR count). The van der Waals surface area contributed by atoms with Crippen molar-refractivity contribution < 1.29 is 9.21 Å². The van der Waals surface area contributed by atoms with Gasteiger partial charge in [-0.2, -0.15) is 0 Å². The molecule has 0 unspecified atom stereocenters. The second-order valence-corrected chi connectivity index (χ2v) is 5.48. The number of rotatable bonds is 4. The maximum atomic E-state index is 11.4. The molecule has 96 valence electrons. The lowest BCUT2D eigenvalue weighted by Gasteiger charge is -2.26. The molecule has 0 aliphatic heterocycles. The van der Waals surface area contributed by atoms with Gasteiger partial charge in [-0.15, -0.1) is 0 Å². The number of hydrogen-bond donors (Lipinski definition) is 2. The molecule has 0 fully saturated rings. The van der Waals surface area contributed by atoms with E-state index in [9.17, 15) is 4.79 Å². The Kier molecular flexibility index (Phi) is 4.31. The number of nitrogen functional groups attached to an aromatic ring is 1. The maximum absolute atomic E-state index is 11.4. The summed E-state index contributed by atoms with van der Waals surface area (Å²) in [5, 5.41) is 0. The molecule has 5 heteroatoms. The van der Waals surface area contributed by atoms with Crippen LogP contribution in [0.3, 0.4) is 0 Å². The van der Waals surface area contributed by atoms with E-state index >= 15 is 0 Å². The summed E-state index contributed by atoms with van der Waals surface area (Å²) < 4.78 is 5.13. The number of nitrogens with zero attached hydrogens (tertiary/aromatic N) is 1. The third kappa shape index (κ3) is 4.20. The van der Waals surface area contributed by atoms with Gasteiger partial charge in [-0.05, 0) is 18.5 Å². The number of nitrogens with two attached hydrogens (primary N) is 1. The zero-order chi connectivity index (χ0) is 13.1. The number of nitrogens with one attached hydrogen (secondary N) is 1. The first-order chi connectivity index (χ1) is 7.83. The molecule has 5 nitrogen and oxygen atoms in total. The molecule has 1 amide bonds. The van der Waals surface area contributed by atoms with E-state index in [4.69, 9.17) is 10.3 Å². The van der Waals surface area contributed by atoms with Gasteiger partial charge in [0.1, 0.15) is 0 Å². The van der Waals surface area contributed by atoms with Crippen LogP contribution in [-0.4, -0.2) is 24.4 Å². The average molecular weight is 239 g/mol. The molecule has 0 spiro atoms. The van der Waals surface area contributed by atoms with Crippen LogP contribution in [0.5, 0.6) is 0 Å². The number of carbonyl (C=O) groups excluding carboxylic acids is 1. The van der Waals surface area contributed by atoms with Gasteiger partial charge >= 0.3 is 5.91 Å². The molecule has 3 N–H and O–H groups in total. The van der Waals surface area contributed by atoms with Crippen LogP contribution in [0.4, 0.5) is 0 Å². The van der Waals surface area contributed by atoms with Crippen LogP contribution in [0.2, 0.25) is 0 Å². The van der Waals surface area contributed by atoms with E-state index in [1.807, 2.05) is 7.05 Å². The molecular weight excluding hydrogens is 218 g/mol. The first-order valence-electron chi connectivity index (χ1n) is 5.59. The number of carbonyl (C=O) groups is 1. The molecule has 0 bridgehead atoms. The van der Waals surface area contributed by atoms with Crippen LogP contribution < -0.4 is 11.3 Å². The van der Waals surface area contributed by atoms with Crippen LogP contribution in [-0.2, 0) is 6.54 Å². The summed E-state index contributed by atoms with van der Waals surface area (Å²) in [6, 6.07) is 1.80. The first-order valence-corrected chi connectivity index (χ1v) is 5.59. The maximum Gasteiger partial charge on any atom is 0.301 e. The monoisotopic (exact) mass is 239 g/mol. The molecule has 0 aromatic carbocycles. The highest BCUT2D eigenvalue weighted by Crippen LogP contribution is 2.18. The third-order valence-corrected chi connectivity index (χ3v) is 2.27. The van der Waals surface area contributed by atoms with E-state index in [0.717, 1.165) is 12.1 Å². The number of furan rings is 1. The van der Waals surface area contributed by atoms with Crippen LogP contribution in [0.15, 0.2) is 16.7 Å². The minimum atomic E-state index is -0.394. The van der Waals surface area contributed by atoms with E-state index in [2.05, 4.69) is 31.1 Å². The fraction of sp³-hybridized carbons (Fsp3) is 0.583. The van der Waals surface area contributed by atoms with E-state index < -0.39 is 5.91 Å². The van der Waals surface area contributed by atoms with Crippen molar-refractivity contribution in [3.8, 4) is 0 Å². The van der Waals surface area contributed by atoms with E-state index in [-0.39, 0.29) is 11.2 Å². The minimum absolute atomic E-state index is 0.217. The van der Waals surface area contributed by atoms with Crippen LogP contribution in [0.1, 0.15) is 36.9 Å². The summed E-state index contributed by atoms with van der Waals surface area (Å²) >= 11 is 0. The Morgan fingerprint density at radius 3 is 2.71 bits per heavy atom. The molecule has 1 heterocycles. The second-order valence-electron chi connectivity index (χ2n) is 5.48. The molecule has 0 aliphatic rings. The zero-order valence-electron chi connectivity index (χ0n) is 10.9. The lowest BCUT2D eigenvalue weighted by atomic mass is 9.96. The Bertz CT molecular complexity index is 379. The highest BCUT2D eigenvalue weighted by Gasteiger charge is 2.18. The Morgan fingerprint density at radius 2 is 2.18 bits per heavy atom. The number of hydrazine groups is 1. The van der Waals surface area contributed by atoms with Gasteiger partial charge in [-0.1, -0.05) is 20.8 Å². The summed E-state index contributed by atoms with van der Waals surface area (Å²) in [7, 11) is 2.02. The fourth-order valence-corrected chi connectivity index (χ4v) is 1.88. The average Bonchev–Trinajstić information content (AvgIpc) is 2.61. The molecule has 1 aromatic heterocycles. The summed E-state index contributed by atoms with van der Waals surface area (Å²) in [5.41, 5.74) is 3.14. The third-order valence-electron chi connectivity index (χ3n) is 2.27. The van der Waals surface area contributed by atoms with E-state index in [1.54, 1.807) is 6.07 Å². The van der Waals surface area contributed by atoms with Crippen molar-refractivity contribution in [3.05, 3.63) is 23.7 Å². The Labute approximate surface area is 102 Å². The smallest absolute Gasteiger partial charge is 0.301 e. The van der Waals surface area contributed by atoms with E-state index in [0.29, 0.717) is 6.54 Å². The van der Waals surface area contributed by atoms with Crippen LogP contribution >= 0.6 is 0 Å². The molecule has 0 aliphatic carbocycles. The Morgan fingerprint density at radius 1 is 1.53 bits per heavy atom. The van der Waals surface area contributed by atoms with Gasteiger partial charge in [0.25, 0.3) is 0 Å². The van der Waals surface area contributed by atoms with Gasteiger partial charge in [0, 0.05) is 18.7 Å². The molecule has 17 heavy (non-hydrogen) atoms. The van der Waals surface area contributed by atoms with E-state index in [1.165, 1.54) is 6.26 Å². The molecule has 0 radical (unpaired) electrons. The standard InChI is InChI=1S/C12H21N3O2/c1-12(2,3)8-15(4)7-9-5-6-17-10(9)11(16)14-13/h5-6H,7-8,13H2,1-4H3,(H,14,16). The predicted molar refractivity (Wildman–Crippen MR) is 66.2 cm³/mol. The Balaban J connectivity index is 2.69. The topological polar surface area (TPSA) is 71.5 Å². The largest absolute Gasteiger partial charge is 0.459 e. The first kappa shape index (κ1) is 13.7. The van der Waals surface area contributed by atoms with Crippen molar-refractivity contribution in [2.24, 2.45) is 11.3 Å². The highest BCUT2D eigenvalue weighted by molar-refractivity contribution is 5.92. The predicted octanol–water partition coefficient (Wildman–Crippen LogP) is 1.36. The van der Waals surface area contributed by atoms with Gasteiger partial charge < -0.3 is 9.32 Å². The normalized spacial score (nSPS) is 11.9. The van der Waals surface area contributed by atoms with Gasteiger partial charge in [0.05, 0.1) is 6.26 Å². The SMILES string of the molecule is CN(Cc1ccoc1C(=O)NN)CC(C)(C)C. The fourth-order valence-electron chi connectivity index (χ4n) is 1.88. The van der Waals surface area contributed by atoms with Crippen molar-refractivity contribution in [1.82, 2.24) is 10.3 Å². The molecule has 0 atom stereocenters. The summed E-state index contributed by atoms with van der Waals surface area (Å²) in [6.07, 6.45) is 1.50. The molecule has 1 aromatic rings. The number of hydrogen-bond acceptors (Lipinski definition) is 4. The van der Waals surface area contributed by atoms with Crippen molar-refractivity contribution in [1.29, 1.82) is 0 Å². The van der Waals surface area contributed by atoms with Gasteiger partial charge in [-0.3, -0.25) is 10.2 Å². The van der Waals surface area contributed by atoms with Crippen LogP contribution in [0.25, 0.3) is 0 Å². The lowest BCUT2D eigenvalue weighted by Crippen LogP contribution is -2.32. The number of amides is 1.